The number of pyridine rings is 1. The van der Waals surface area contributed by atoms with Crippen molar-refractivity contribution in [1.82, 2.24) is 15.2 Å². The largest absolute Gasteiger partial charge is 0.315 e. The van der Waals surface area contributed by atoms with Gasteiger partial charge in [-0.05, 0) is 32.1 Å². The minimum absolute atomic E-state index is 0.550. The molecule has 0 saturated heterocycles. The summed E-state index contributed by atoms with van der Waals surface area (Å²) in [5.41, 5.74) is 1.13. The van der Waals surface area contributed by atoms with Crippen LogP contribution in [0.1, 0.15) is 26.0 Å². The van der Waals surface area contributed by atoms with Crippen LogP contribution in [0.15, 0.2) is 24.4 Å². The van der Waals surface area contributed by atoms with E-state index < -0.39 is 0 Å². The van der Waals surface area contributed by atoms with Crippen LogP contribution in [0.5, 0.6) is 0 Å². The zero-order valence-electron chi connectivity index (χ0n) is 11.5. The normalized spacial score (nSPS) is 14.9. The van der Waals surface area contributed by atoms with Gasteiger partial charge in [0.1, 0.15) is 0 Å². The van der Waals surface area contributed by atoms with Gasteiger partial charge in [-0.3, -0.25) is 9.88 Å². The van der Waals surface area contributed by atoms with Crippen molar-refractivity contribution in [3.63, 3.8) is 0 Å². The second-order valence-electron chi connectivity index (χ2n) is 4.80. The van der Waals surface area contributed by atoms with Crippen molar-refractivity contribution in [2.75, 3.05) is 20.6 Å². The number of nitrogens with zero attached hydrogens (tertiary/aromatic N) is 2. The molecule has 0 aromatic carbocycles. The summed E-state index contributed by atoms with van der Waals surface area (Å²) < 4.78 is 0. The summed E-state index contributed by atoms with van der Waals surface area (Å²) in [5.74, 6) is 0.700. The second kappa shape index (κ2) is 7.41. The molecule has 1 aromatic rings. The average molecular weight is 235 g/mol. The molecule has 0 aliphatic heterocycles. The zero-order valence-corrected chi connectivity index (χ0v) is 11.5. The highest BCUT2D eigenvalue weighted by atomic mass is 15.1. The summed E-state index contributed by atoms with van der Waals surface area (Å²) in [7, 11) is 4.20. The van der Waals surface area contributed by atoms with Crippen molar-refractivity contribution in [2.45, 2.75) is 32.9 Å². The Labute approximate surface area is 105 Å². The summed E-state index contributed by atoms with van der Waals surface area (Å²) in [5, 5.41) is 3.41. The van der Waals surface area contributed by atoms with Gasteiger partial charge in [-0.25, -0.2) is 0 Å². The first kappa shape index (κ1) is 14.1. The lowest BCUT2D eigenvalue weighted by molar-refractivity contribution is 0.244. The van der Waals surface area contributed by atoms with Crippen molar-refractivity contribution >= 4 is 0 Å². The molecule has 96 valence electrons. The van der Waals surface area contributed by atoms with E-state index in [0.717, 1.165) is 18.8 Å². The van der Waals surface area contributed by atoms with E-state index in [0.29, 0.717) is 12.0 Å². The first-order valence-electron chi connectivity index (χ1n) is 6.43. The number of likely N-dealkylation sites (N-methyl/N-ethyl adjacent to an activating group) is 2. The first-order valence-corrected chi connectivity index (χ1v) is 6.43. The van der Waals surface area contributed by atoms with Crippen LogP contribution < -0.4 is 5.32 Å². The highest BCUT2D eigenvalue weighted by molar-refractivity contribution is 5.03. The molecule has 17 heavy (non-hydrogen) atoms. The molecule has 0 aliphatic rings. The SMILES string of the molecule is CCC(C)C(CN(C)Cc1ccccn1)NC. The molecule has 0 bridgehead atoms. The van der Waals surface area contributed by atoms with E-state index in [4.69, 9.17) is 0 Å². The second-order valence-corrected chi connectivity index (χ2v) is 4.80. The van der Waals surface area contributed by atoms with Gasteiger partial charge in [0, 0.05) is 25.3 Å². The molecular weight excluding hydrogens is 210 g/mol. The van der Waals surface area contributed by atoms with Gasteiger partial charge >= 0.3 is 0 Å². The molecule has 0 aliphatic carbocycles. The third-order valence-electron chi connectivity index (χ3n) is 3.37. The van der Waals surface area contributed by atoms with Crippen LogP contribution in [0.3, 0.4) is 0 Å². The molecule has 1 heterocycles. The number of nitrogens with one attached hydrogen (secondary N) is 1. The zero-order chi connectivity index (χ0) is 12.7. The Morgan fingerprint density at radius 1 is 1.41 bits per heavy atom. The van der Waals surface area contributed by atoms with Crippen molar-refractivity contribution in [1.29, 1.82) is 0 Å². The topological polar surface area (TPSA) is 28.2 Å². The third kappa shape index (κ3) is 4.84. The molecule has 0 fully saturated rings. The van der Waals surface area contributed by atoms with Crippen LogP contribution in [-0.2, 0) is 6.54 Å². The van der Waals surface area contributed by atoms with E-state index in [1.165, 1.54) is 6.42 Å². The predicted octanol–water partition coefficient (Wildman–Crippen LogP) is 2.15. The van der Waals surface area contributed by atoms with Gasteiger partial charge < -0.3 is 5.32 Å². The highest BCUT2D eigenvalue weighted by Gasteiger charge is 2.15. The Hall–Kier alpha value is -0.930. The Balaban J connectivity index is 2.45. The number of hydrogen-bond donors (Lipinski definition) is 1. The van der Waals surface area contributed by atoms with Crippen LogP contribution in [0.25, 0.3) is 0 Å². The van der Waals surface area contributed by atoms with Crippen LogP contribution in [0.4, 0.5) is 0 Å². The van der Waals surface area contributed by atoms with E-state index in [1.54, 1.807) is 0 Å². The quantitative estimate of drug-likeness (QED) is 0.785. The van der Waals surface area contributed by atoms with Gasteiger partial charge in [-0.1, -0.05) is 26.3 Å². The van der Waals surface area contributed by atoms with Crippen LogP contribution >= 0.6 is 0 Å². The van der Waals surface area contributed by atoms with Gasteiger partial charge in [0.15, 0.2) is 0 Å². The molecule has 3 heteroatoms. The molecule has 0 amide bonds. The van der Waals surface area contributed by atoms with Gasteiger partial charge in [-0.15, -0.1) is 0 Å². The van der Waals surface area contributed by atoms with E-state index in [2.05, 4.69) is 42.2 Å². The fourth-order valence-corrected chi connectivity index (χ4v) is 2.01. The molecule has 3 nitrogen and oxygen atoms in total. The molecular formula is C14H25N3. The number of rotatable bonds is 7. The van der Waals surface area contributed by atoms with Crippen molar-refractivity contribution in [3.8, 4) is 0 Å². The molecule has 1 rings (SSSR count). The Kier molecular flexibility index (Phi) is 6.16. The highest BCUT2D eigenvalue weighted by Crippen LogP contribution is 2.09. The fourth-order valence-electron chi connectivity index (χ4n) is 2.01. The summed E-state index contributed by atoms with van der Waals surface area (Å²) in [6.07, 6.45) is 3.07. The van der Waals surface area contributed by atoms with Crippen molar-refractivity contribution in [2.24, 2.45) is 5.92 Å². The van der Waals surface area contributed by atoms with Crippen LogP contribution in [-0.4, -0.2) is 36.6 Å². The first-order chi connectivity index (χ1) is 8.17. The van der Waals surface area contributed by atoms with E-state index in [-0.39, 0.29) is 0 Å². The molecule has 0 saturated carbocycles. The summed E-state index contributed by atoms with van der Waals surface area (Å²) in [6.45, 7) is 6.51. The maximum Gasteiger partial charge on any atom is 0.0543 e. The van der Waals surface area contributed by atoms with Crippen LogP contribution in [0, 0.1) is 5.92 Å². The monoisotopic (exact) mass is 235 g/mol. The lowest BCUT2D eigenvalue weighted by atomic mass is 9.99. The van der Waals surface area contributed by atoms with Crippen molar-refractivity contribution < 1.29 is 0 Å². The van der Waals surface area contributed by atoms with Gasteiger partial charge in [0.05, 0.1) is 5.69 Å². The number of aromatic nitrogens is 1. The van der Waals surface area contributed by atoms with E-state index >= 15 is 0 Å². The molecule has 0 radical (unpaired) electrons. The van der Waals surface area contributed by atoms with Crippen molar-refractivity contribution in [3.05, 3.63) is 30.1 Å². The third-order valence-corrected chi connectivity index (χ3v) is 3.37. The maximum atomic E-state index is 4.35. The Morgan fingerprint density at radius 2 is 2.18 bits per heavy atom. The predicted molar refractivity (Wildman–Crippen MR) is 72.9 cm³/mol. The summed E-state index contributed by atoms with van der Waals surface area (Å²) >= 11 is 0. The molecule has 0 spiro atoms. The lowest BCUT2D eigenvalue weighted by Gasteiger charge is -2.27. The fraction of sp³-hybridized carbons (Fsp3) is 0.643. The Morgan fingerprint density at radius 3 is 2.71 bits per heavy atom. The maximum absolute atomic E-state index is 4.35. The smallest absolute Gasteiger partial charge is 0.0543 e. The van der Waals surface area contributed by atoms with E-state index in [1.807, 2.05) is 25.4 Å². The minimum Gasteiger partial charge on any atom is -0.315 e. The minimum atomic E-state index is 0.550. The van der Waals surface area contributed by atoms with Gasteiger partial charge in [0.25, 0.3) is 0 Å². The average Bonchev–Trinajstić information content (AvgIpc) is 2.36. The van der Waals surface area contributed by atoms with Gasteiger partial charge in [0.2, 0.25) is 0 Å². The van der Waals surface area contributed by atoms with E-state index in [9.17, 15) is 0 Å². The standard InChI is InChI=1S/C14H25N3/c1-5-12(2)14(15-3)11-17(4)10-13-8-6-7-9-16-13/h6-9,12,14-15H,5,10-11H2,1-4H3. The lowest BCUT2D eigenvalue weighted by Crippen LogP contribution is -2.41. The number of hydrogen-bond acceptors (Lipinski definition) is 3. The summed E-state index contributed by atoms with van der Waals surface area (Å²) in [4.78, 5) is 6.68. The molecule has 1 aromatic heterocycles. The summed E-state index contributed by atoms with van der Waals surface area (Å²) in [6, 6.07) is 6.63. The molecule has 1 N–H and O–H groups in total. The van der Waals surface area contributed by atoms with Crippen LogP contribution in [0.2, 0.25) is 0 Å². The molecule has 2 atom stereocenters. The molecule has 2 unspecified atom stereocenters. The van der Waals surface area contributed by atoms with Gasteiger partial charge in [-0.2, -0.15) is 0 Å². The Bertz CT molecular complexity index is 300.